The van der Waals surface area contributed by atoms with Crippen molar-refractivity contribution in [3.05, 3.63) is 28.8 Å². The first-order valence-electron chi connectivity index (χ1n) is 5.79. The first-order chi connectivity index (χ1) is 8.17. The van der Waals surface area contributed by atoms with E-state index in [-0.39, 0.29) is 0 Å². The van der Waals surface area contributed by atoms with Crippen molar-refractivity contribution in [2.45, 2.75) is 34.6 Å². The third-order valence-electron chi connectivity index (χ3n) is 3.41. The Morgan fingerprint density at radius 3 is 2.17 bits per heavy atom. The molecule has 0 saturated heterocycles. The maximum atomic E-state index is 11.9. The van der Waals surface area contributed by atoms with Crippen LogP contribution in [0.3, 0.4) is 0 Å². The molecule has 0 fully saturated rings. The first kappa shape index (κ1) is 14.2. The van der Waals surface area contributed by atoms with Gasteiger partial charge in [-0.1, -0.05) is 6.07 Å². The third-order valence-corrected chi connectivity index (χ3v) is 3.41. The Balaban J connectivity index is 3.03. The quantitative estimate of drug-likeness (QED) is 0.809. The molecule has 4 heteroatoms. The standard InChI is InChI=1S/C14H19NO3/c1-8-6-7-11(10(3)9(8)2)15-12(16)14(4,5)13(17)18/h6-7H,1-5H3,(H,15,16)(H,17,18). The molecular formula is C14H19NO3. The minimum atomic E-state index is -1.44. The molecule has 0 unspecified atom stereocenters. The Hall–Kier alpha value is -1.84. The molecule has 0 aliphatic rings. The summed E-state index contributed by atoms with van der Waals surface area (Å²) in [5.74, 6) is -1.65. The summed E-state index contributed by atoms with van der Waals surface area (Å²) in [6.45, 7) is 8.66. The molecule has 1 aromatic rings. The van der Waals surface area contributed by atoms with E-state index in [1.54, 1.807) is 6.07 Å². The van der Waals surface area contributed by atoms with Crippen molar-refractivity contribution in [1.29, 1.82) is 0 Å². The zero-order valence-corrected chi connectivity index (χ0v) is 11.4. The van der Waals surface area contributed by atoms with Crippen LogP contribution in [-0.4, -0.2) is 17.0 Å². The predicted octanol–water partition coefficient (Wildman–Crippen LogP) is 2.66. The fourth-order valence-corrected chi connectivity index (χ4v) is 1.47. The average molecular weight is 249 g/mol. The van der Waals surface area contributed by atoms with Crippen molar-refractivity contribution in [3.8, 4) is 0 Å². The number of aryl methyl sites for hydroxylation is 1. The summed E-state index contributed by atoms with van der Waals surface area (Å²) >= 11 is 0. The van der Waals surface area contributed by atoms with Crippen molar-refractivity contribution in [2.24, 2.45) is 5.41 Å². The summed E-state index contributed by atoms with van der Waals surface area (Å²) in [5.41, 5.74) is 2.43. The second-order valence-corrected chi connectivity index (χ2v) is 5.06. The van der Waals surface area contributed by atoms with Gasteiger partial charge in [-0.25, -0.2) is 0 Å². The van der Waals surface area contributed by atoms with Crippen molar-refractivity contribution in [2.75, 3.05) is 5.32 Å². The maximum absolute atomic E-state index is 11.9. The maximum Gasteiger partial charge on any atom is 0.318 e. The van der Waals surface area contributed by atoms with Crippen molar-refractivity contribution < 1.29 is 14.7 Å². The monoisotopic (exact) mass is 249 g/mol. The second kappa shape index (κ2) is 4.80. The second-order valence-electron chi connectivity index (χ2n) is 5.06. The summed E-state index contributed by atoms with van der Waals surface area (Å²) < 4.78 is 0. The van der Waals surface area contributed by atoms with Gasteiger partial charge in [-0.2, -0.15) is 0 Å². The Labute approximate surface area is 107 Å². The van der Waals surface area contributed by atoms with Crippen LogP contribution >= 0.6 is 0 Å². The van der Waals surface area contributed by atoms with Crippen molar-refractivity contribution in [3.63, 3.8) is 0 Å². The van der Waals surface area contributed by atoms with Crippen LogP contribution in [0.1, 0.15) is 30.5 Å². The smallest absolute Gasteiger partial charge is 0.318 e. The molecule has 0 spiro atoms. The molecule has 2 N–H and O–H groups in total. The molecule has 0 heterocycles. The average Bonchev–Trinajstić information content (AvgIpc) is 2.29. The first-order valence-corrected chi connectivity index (χ1v) is 5.79. The van der Waals surface area contributed by atoms with Gasteiger partial charge in [0.05, 0.1) is 0 Å². The number of amides is 1. The highest BCUT2D eigenvalue weighted by atomic mass is 16.4. The molecule has 1 aromatic carbocycles. The van der Waals surface area contributed by atoms with E-state index in [0.29, 0.717) is 5.69 Å². The van der Waals surface area contributed by atoms with Gasteiger partial charge in [0.15, 0.2) is 0 Å². The number of benzene rings is 1. The van der Waals surface area contributed by atoms with E-state index in [1.165, 1.54) is 13.8 Å². The van der Waals surface area contributed by atoms with Gasteiger partial charge in [0.1, 0.15) is 5.41 Å². The van der Waals surface area contributed by atoms with Crippen LogP contribution in [0.25, 0.3) is 0 Å². The minimum Gasteiger partial charge on any atom is -0.480 e. The Morgan fingerprint density at radius 2 is 1.67 bits per heavy atom. The zero-order chi connectivity index (χ0) is 14.1. The van der Waals surface area contributed by atoms with E-state index in [9.17, 15) is 9.59 Å². The van der Waals surface area contributed by atoms with E-state index in [2.05, 4.69) is 5.32 Å². The van der Waals surface area contributed by atoms with Crippen LogP contribution in [0.5, 0.6) is 0 Å². The number of rotatable bonds is 3. The van der Waals surface area contributed by atoms with Gasteiger partial charge in [-0.15, -0.1) is 0 Å². The number of carbonyl (C=O) groups excluding carboxylic acids is 1. The Bertz CT molecular complexity index is 504. The number of carboxylic acids is 1. The molecule has 1 rings (SSSR count). The number of carboxylic acid groups (broad SMARTS) is 1. The summed E-state index contributed by atoms with van der Waals surface area (Å²) in [5, 5.41) is 11.7. The van der Waals surface area contributed by atoms with Gasteiger partial charge in [-0.3, -0.25) is 9.59 Å². The van der Waals surface area contributed by atoms with Crippen molar-refractivity contribution in [1.82, 2.24) is 0 Å². The van der Waals surface area contributed by atoms with Crippen LogP contribution < -0.4 is 5.32 Å². The van der Waals surface area contributed by atoms with Crippen LogP contribution in [0, 0.1) is 26.2 Å². The lowest BCUT2D eigenvalue weighted by atomic mass is 9.92. The summed E-state index contributed by atoms with van der Waals surface area (Å²) in [6, 6.07) is 3.71. The van der Waals surface area contributed by atoms with Gasteiger partial charge < -0.3 is 10.4 Å². The van der Waals surface area contributed by atoms with E-state index < -0.39 is 17.3 Å². The summed E-state index contributed by atoms with van der Waals surface area (Å²) in [7, 11) is 0. The Morgan fingerprint density at radius 1 is 1.11 bits per heavy atom. The SMILES string of the molecule is Cc1ccc(NC(=O)C(C)(C)C(=O)O)c(C)c1C. The fourth-order valence-electron chi connectivity index (χ4n) is 1.47. The van der Waals surface area contributed by atoms with Gasteiger partial charge in [0.25, 0.3) is 0 Å². The highest BCUT2D eigenvalue weighted by molar-refractivity contribution is 6.07. The van der Waals surface area contributed by atoms with Crippen LogP contribution in [0.15, 0.2) is 12.1 Å². The Kier molecular flexibility index (Phi) is 3.79. The number of hydrogen-bond donors (Lipinski definition) is 2. The molecule has 0 aliphatic heterocycles. The molecule has 0 atom stereocenters. The fraction of sp³-hybridized carbons (Fsp3) is 0.429. The lowest BCUT2D eigenvalue weighted by Gasteiger charge is -2.20. The minimum absolute atomic E-state index is 0.513. The topological polar surface area (TPSA) is 66.4 Å². The molecule has 0 radical (unpaired) electrons. The zero-order valence-electron chi connectivity index (χ0n) is 11.4. The largest absolute Gasteiger partial charge is 0.480 e. The summed E-state index contributed by atoms with van der Waals surface area (Å²) in [4.78, 5) is 22.9. The molecule has 4 nitrogen and oxygen atoms in total. The molecule has 18 heavy (non-hydrogen) atoms. The van der Waals surface area contributed by atoms with E-state index in [1.807, 2.05) is 26.8 Å². The molecule has 0 saturated carbocycles. The van der Waals surface area contributed by atoms with E-state index in [0.717, 1.165) is 16.7 Å². The number of anilines is 1. The lowest BCUT2D eigenvalue weighted by Crippen LogP contribution is -2.38. The predicted molar refractivity (Wildman–Crippen MR) is 70.7 cm³/mol. The van der Waals surface area contributed by atoms with Crippen LogP contribution in [-0.2, 0) is 9.59 Å². The molecule has 0 aromatic heterocycles. The van der Waals surface area contributed by atoms with Gasteiger partial charge >= 0.3 is 5.97 Å². The highest BCUT2D eigenvalue weighted by Gasteiger charge is 2.36. The summed E-state index contributed by atoms with van der Waals surface area (Å²) in [6.07, 6.45) is 0. The highest BCUT2D eigenvalue weighted by Crippen LogP contribution is 2.24. The van der Waals surface area contributed by atoms with E-state index in [4.69, 9.17) is 5.11 Å². The van der Waals surface area contributed by atoms with Crippen molar-refractivity contribution >= 4 is 17.6 Å². The molecule has 1 amide bonds. The van der Waals surface area contributed by atoms with Gasteiger partial charge in [0, 0.05) is 5.69 Å². The molecule has 0 aliphatic carbocycles. The van der Waals surface area contributed by atoms with Gasteiger partial charge in [0.2, 0.25) is 5.91 Å². The normalized spacial score (nSPS) is 11.2. The number of carbonyl (C=O) groups is 2. The molecular weight excluding hydrogens is 230 g/mol. The molecule has 0 bridgehead atoms. The number of hydrogen-bond acceptors (Lipinski definition) is 2. The van der Waals surface area contributed by atoms with Gasteiger partial charge in [-0.05, 0) is 57.4 Å². The number of nitrogens with one attached hydrogen (secondary N) is 1. The number of aliphatic carboxylic acids is 1. The third kappa shape index (κ3) is 2.53. The van der Waals surface area contributed by atoms with E-state index >= 15 is 0 Å². The lowest BCUT2D eigenvalue weighted by molar-refractivity contribution is -0.151. The van der Waals surface area contributed by atoms with Crippen LogP contribution in [0.2, 0.25) is 0 Å². The van der Waals surface area contributed by atoms with Crippen LogP contribution in [0.4, 0.5) is 5.69 Å². The molecule has 98 valence electrons.